The van der Waals surface area contributed by atoms with E-state index in [4.69, 9.17) is 9.15 Å². The molecule has 0 bridgehead atoms. The van der Waals surface area contributed by atoms with Gasteiger partial charge in [-0.15, -0.1) is 0 Å². The van der Waals surface area contributed by atoms with E-state index in [-0.39, 0.29) is 64.4 Å². The fourth-order valence-electron chi connectivity index (χ4n) is 5.26. The van der Waals surface area contributed by atoms with Gasteiger partial charge in [0.1, 0.15) is 0 Å². The summed E-state index contributed by atoms with van der Waals surface area (Å²) < 4.78 is 82.8. The minimum absolute atomic E-state index is 0. The van der Waals surface area contributed by atoms with Crippen molar-refractivity contribution >= 4 is 43.1 Å². The maximum Gasteiger partial charge on any atom is 1.00 e. The summed E-state index contributed by atoms with van der Waals surface area (Å²) in [6.07, 6.45) is 4.91. The summed E-state index contributed by atoms with van der Waals surface area (Å²) in [5.74, 6) is 0.413. The Kier molecular flexibility index (Phi) is 12.1. The van der Waals surface area contributed by atoms with E-state index in [1.807, 2.05) is 92.1 Å². The molecule has 0 unspecified atom stereocenters. The van der Waals surface area contributed by atoms with E-state index >= 15 is 0 Å². The maximum atomic E-state index is 11.6. The Morgan fingerprint density at radius 3 is 2.26 bits per heavy atom. The molecule has 0 aliphatic carbocycles. The molecule has 238 valence electrons. The van der Waals surface area contributed by atoms with Crippen molar-refractivity contribution in [1.82, 2.24) is 0 Å². The van der Waals surface area contributed by atoms with Crippen LogP contribution in [0.15, 0.2) is 82.6 Å². The molecular formula is C33H35KN2O8S2. The SMILES string of the molecule is CCC(=Cc1oc2cc(C)c(C)cc2[n+]1CCCCS(=O)(=O)[O-])C=C1Oc2ccc(-c3ccccc3)cc2N1CCS(=O)(=O)[O-].[K+]. The number of fused-ring (bicyclic) bond motifs is 2. The van der Waals surface area contributed by atoms with Crippen molar-refractivity contribution in [1.29, 1.82) is 0 Å². The number of ether oxygens (including phenoxy) is 1. The Balaban J connectivity index is 0.00000480. The van der Waals surface area contributed by atoms with Crippen LogP contribution in [-0.4, -0.2) is 44.0 Å². The Labute approximate surface area is 312 Å². The number of allylic oxidation sites excluding steroid dienone is 2. The third-order valence-electron chi connectivity index (χ3n) is 7.80. The number of nitrogens with zero attached hydrogens (tertiary/aromatic N) is 2. The molecule has 10 nitrogen and oxygen atoms in total. The Hall–Kier alpha value is -2.33. The summed E-state index contributed by atoms with van der Waals surface area (Å²) >= 11 is 0. The number of aryl methyl sites for hydroxylation is 3. The molecule has 0 amide bonds. The van der Waals surface area contributed by atoms with Gasteiger partial charge in [0, 0.05) is 30.9 Å². The minimum atomic E-state index is -4.50. The number of hydrogen-bond acceptors (Lipinski definition) is 9. The van der Waals surface area contributed by atoms with Crippen LogP contribution >= 0.6 is 0 Å². The van der Waals surface area contributed by atoms with Crippen LogP contribution in [0, 0.1) is 13.8 Å². The molecule has 3 aromatic carbocycles. The largest absolute Gasteiger partial charge is 1.00 e. The zero-order valence-corrected chi connectivity index (χ0v) is 31.1. The first kappa shape index (κ1) is 36.5. The van der Waals surface area contributed by atoms with Gasteiger partial charge in [0.25, 0.3) is 5.52 Å². The number of rotatable bonds is 12. The van der Waals surface area contributed by atoms with Crippen molar-refractivity contribution in [2.45, 2.75) is 46.6 Å². The van der Waals surface area contributed by atoms with Gasteiger partial charge < -0.3 is 23.2 Å². The molecule has 1 aliphatic heterocycles. The minimum Gasteiger partial charge on any atom is -0.748 e. The van der Waals surface area contributed by atoms with E-state index in [9.17, 15) is 25.9 Å². The molecule has 2 heterocycles. The van der Waals surface area contributed by atoms with Crippen molar-refractivity contribution < 1.29 is 91.0 Å². The van der Waals surface area contributed by atoms with Crippen molar-refractivity contribution in [3.05, 3.63) is 95.2 Å². The zero-order valence-electron chi connectivity index (χ0n) is 26.4. The van der Waals surface area contributed by atoms with Crippen LogP contribution in [0.2, 0.25) is 0 Å². The molecule has 0 atom stereocenters. The average Bonchev–Trinajstić information content (AvgIpc) is 3.49. The predicted octanol–water partition coefficient (Wildman–Crippen LogP) is 2.41. The molecule has 0 saturated heterocycles. The number of oxazole rings is 1. The molecule has 0 radical (unpaired) electrons. The molecule has 1 aromatic heterocycles. The number of hydrogen-bond donors (Lipinski definition) is 0. The quantitative estimate of drug-likeness (QED) is 0.0948. The summed E-state index contributed by atoms with van der Waals surface area (Å²) in [6, 6.07) is 19.4. The van der Waals surface area contributed by atoms with Crippen molar-refractivity contribution in [3.63, 3.8) is 0 Å². The van der Waals surface area contributed by atoms with Gasteiger partial charge in [-0.2, -0.15) is 4.57 Å². The summed E-state index contributed by atoms with van der Waals surface area (Å²) in [6.45, 7) is 6.30. The normalized spacial score (nSPS) is 14.4. The van der Waals surface area contributed by atoms with E-state index in [0.717, 1.165) is 33.3 Å². The number of benzene rings is 3. The van der Waals surface area contributed by atoms with Crippen LogP contribution in [0.4, 0.5) is 5.69 Å². The second-order valence-corrected chi connectivity index (χ2v) is 14.1. The summed E-state index contributed by atoms with van der Waals surface area (Å²) in [5.41, 5.74) is 7.00. The van der Waals surface area contributed by atoms with Gasteiger partial charge in [0.2, 0.25) is 11.5 Å². The third kappa shape index (κ3) is 9.17. The molecule has 0 saturated carbocycles. The van der Waals surface area contributed by atoms with E-state index in [2.05, 4.69) is 0 Å². The maximum absolute atomic E-state index is 11.6. The molecule has 13 heteroatoms. The molecule has 0 spiro atoms. The Bertz CT molecular complexity index is 2000. The van der Waals surface area contributed by atoms with Crippen LogP contribution in [-0.2, 0) is 26.8 Å². The molecule has 0 N–H and O–H groups in total. The molecular weight excluding hydrogens is 656 g/mol. The monoisotopic (exact) mass is 690 g/mol. The van der Waals surface area contributed by atoms with E-state index < -0.39 is 31.7 Å². The van der Waals surface area contributed by atoms with Crippen molar-refractivity contribution in [2.75, 3.05) is 23.0 Å². The first-order chi connectivity index (χ1) is 21.3. The van der Waals surface area contributed by atoms with Gasteiger partial charge in [0.15, 0.2) is 12.3 Å². The number of anilines is 1. The second kappa shape index (κ2) is 15.3. The van der Waals surface area contributed by atoms with Crippen LogP contribution in [0.1, 0.15) is 43.2 Å². The van der Waals surface area contributed by atoms with Gasteiger partial charge in [-0.05, 0) is 72.7 Å². The van der Waals surface area contributed by atoms with Crippen LogP contribution < -0.4 is 65.6 Å². The third-order valence-corrected chi connectivity index (χ3v) is 9.27. The van der Waals surface area contributed by atoms with Crippen LogP contribution in [0.3, 0.4) is 0 Å². The van der Waals surface area contributed by atoms with Gasteiger partial charge in [-0.1, -0.05) is 43.3 Å². The van der Waals surface area contributed by atoms with Crippen LogP contribution in [0.25, 0.3) is 28.3 Å². The predicted molar refractivity (Wildman–Crippen MR) is 170 cm³/mol. The summed E-state index contributed by atoms with van der Waals surface area (Å²) in [5, 5.41) is 0. The van der Waals surface area contributed by atoms with Crippen molar-refractivity contribution in [2.24, 2.45) is 0 Å². The molecule has 46 heavy (non-hydrogen) atoms. The zero-order chi connectivity index (χ0) is 32.4. The average molecular weight is 691 g/mol. The Morgan fingerprint density at radius 1 is 0.891 bits per heavy atom. The molecule has 0 fully saturated rings. The van der Waals surface area contributed by atoms with Gasteiger partial charge in [0.05, 0.1) is 37.8 Å². The first-order valence-electron chi connectivity index (χ1n) is 14.7. The molecule has 4 aromatic rings. The van der Waals surface area contributed by atoms with E-state index in [1.165, 1.54) is 0 Å². The second-order valence-electron chi connectivity index (χ2n) is 11.1. The number of aromatic nitrogens is 1. The van der Waals surface area contributed by atoms with Gasteiger partial charge >= 0.3 is 57.3 Å². The van der Waals surface area contributed by atoms with Gasteiger partial charge in [-0.3, -0.25) is 0 Å². The molecule has 1 aliphatic rings. The standard InChI is InChI=1S/C33H36N2O8S2.K/c1-4-25(20-32-34(14-8-9-16-44(36,37)38)28-18-23(2)24(3)19-31(28)43-32)21-33-35(15-17-45(39,40)41)29-22-27(12-13-30(29)42-33)26-10-6-5-7-11-26;/h5-7,10-13,18-22H,4,8-9,14-17H2,1-3H3,(H-,36,37,38,39,40,41);/q;+1/p-1. The number of unbranched alkanes of at least 4 members (excludes halogenated alkanes) is 1. The van der Waals surface area contributed by atoms with Crippen molar-refractivity contribution in [3.8, 4) is 16.9 Å². The topological polar surface area (TPSA) is 144 Å². The smallest absolute Gasteiger partial charge is 0.748 e. The van der Waals surface area contributed by atoms with E-state index in [0.29, 0.717) is 48.2 Å². The summed E-state index contributed by atoms with van der Waals surface area (Å²) in [7, 11) is -8.80. The van der Waals surface area contributed by atoms with E-state index in [1.54, 1.807) is 11.0 Å². The fourth-order valence-corrected chi connectivity index (χ4v) is 6.22. The fraction of sp³-hybridized carbons (Fsp3) is 0.303. The Morgan fingerprint density at radius 2 is 1.59 bits per heavy atom. The molecule has 5 rings (SSSR count). The van der Waals surface area contributed by atoms with Gasteiger partial charge in [-0.25, -0.2) is 16.8 Å². The van der Waals surface area contributed by atoms with Crippen LogP contribution in [0.5, 0.6) is 5.75 Å². The summed E-state index contributed by atoms with van der Waals surface area (Å²) in [4.78, 5) is 1.70. The first-order valence-corrected chi connectivity index (χ1v) is 17.8.